The first-order chi connectivity index (χ1) is 10.3. The number of benzene rings is 1. The maximum atomic E-state index is 5.32. The van der Waals surface area contributed by atoms with E-state index >= 15 is 0 Å². The molecule has 21 heavy (non-hydrogen) atoms. The van der Waals surface area contributed by atoms with Crippen molar-refractivity contribution in [1.82, 2.24) is 20.3 Å². The monoisotopic (exact) mass is 286 g/mol. The first kappa shape index (κ1) is 11.9. The molecule has 0 saturated heterocycles. The Balaban J connectivity index is 1.67. The zero-order valence-electron chi connectivity index (χ0n) is 11.1. The molecule has 0 radical (unpaired) electrons. The van der Waals surface area contributed by atoms with Gasteiger partial charge < -0.3 is 18.5 Å². The molecule has 0 aliphatic carbocycles. The highest BCUT2D eigenvalue weighted by atomic mass is 16.7. The second kappa shape index (κ2) is 4.58. The van der Waals surface area contributed by atoms with E-state index in [2.05, 4.69) is 20.3 Å². The minimum atomic E-state index is 0.190. The summed E-state index contributed by atoms with van der Waals surface area (Å²) in [6.07, 6.45) is 0.673. The summed E-state index contributed by atoms with van der Waals surface area (Å²) in [6.45, 7) is 2.15. The zero-order chi connectivity index (χ0) is 14.2. The highest BCUT2D eigenvalue weighted by Gasteiger charge is 2.19. The van der Waals surface area contributed by atoms with E-state index in [0.717, 1.165) is 5.56 Å². The Morgan fingerprint density at radius 3 is 2.67 bits per heavy atom. The quantitative estimate of drug-likeness (QED) is 0.722. The number of nitrogens with zero attached hydrogens (tertiary/aromatic N) is 4. The maximum absolute atomic E-state index is 5.32. The van der Waals surface area contributed by atoms with Gasteiger partial charge >= 0.3 is 11.8 Å². The minimum Gasteiger partial charge on any atom is -0.454 e. The third-order valence-electron chi connectivity index (χ3n) is 3.02. The molecule has 0 fully saturated rings. The molecule has 0 saturated carbocycles. The van der Waals surface area contributed by atoms with Crippen molar-refractivity contribution >= 4 is 0 Å². The van der Waals surface area contributed by atoms with E-state index in [1.54, 1.807) is 12.1 Å². The Bertz CT molecular complexity index is 795. The Hall–Kier alpha value is -2.90. The summed E-state index contributed by atoms with van der Waals surface area (Å²) in [7, 11) is 0. The molecule has 0 N–H and O–H groups in total. The normalized spacial score (nSPS) is 12.8. The number of hydrogen-bond acceptors (Lipinski definition) is 8. The summed E-state index contributed by atoms with van der Waals surface area (Å²) in [5.74, 6) is 2.77. The molecule has 1 aliphatic heterocycles. The molecule has 3 aromatic rings. The fourth-order valence-electron chi connectivity index (χ4n) is 1.95. The largest absolute Gasteiger partial charge is 0.454 e. The summed E-state index contributed by atoms with van der Waals surface area (Å²) in [5, 5.41) is 7.70. The molecule has 3 heterocycles. The third kappa shape index (κ3) is 2.00. The van der Waals surface area contributed by atoms with Crippen LogP contribution in [0.2, 0.25) is 0 Å². The molecule has 0 atom stereocenters. The minimum absolute atomic E-state index is 0.190. The van der Waals surface area contributed by atoms with Crippen LogP contribution in [-0.2, 0) is 6.42 Å². The lowest BCUT2D eigenvalue weighted by atomic mass is 10.2. The number of rotatable bonds is 3. The van der Waals surface area contributed by atoms with Crippen molar-refractivity contribution in [2.45, 2.75) is 13.3 Å². The van der Waals surface area contributed by atoms with Crippen molar-refractivity contribution in [3.05, 3.63) is 24.0 Å². The SMILES string of the molecule is CCc1noc(-c2nc(-c3ccc4c(c3)OCO4)no2)n1. The van der Waals surface area contributed by atoms with Gasteiger partial charge in [-0.15, -0.1) is 0 Å². The Morgan fingerprint density at radius 1 is 1.00 bits per heavy atom. The highest BCUT2D eigenvalue weighted by Crippen LogP contribution is 2.35. The van der Waals surface area contributed by atoms with E-state index in [0.29, 0.717) is 29.6 Å². The molecular weight excluding hydrogens is 276 g/mol. The second-order valence-corrected chi connectivity index (χ2v) is 4.36. The summed E-state index contributed by atoms with van der Waals surface area (Å²) in [4.78, 5) is 8.40. The number of hydrogen-bond donors (Lipinski definition) is 0. The summed E-state index contributed by atoms with van der Waals surface area (Å²) in [5.41, 5.74) is 0.754. The van der Waals surface area contributed by atoms with Gasteiger partial charge in [-0.3, -0.25) is 0 Å². The topological polar surface area (TPSA) is 96.3 Å². The number of aryl methyl sites for hydroxylation is 1. The molecule has 8 nitrogen and oxygen atoms in total. The summed E-state index contributed by atoms with van der Waals surface area (Å²) >= 11 is 0. The van der Waals surface area contributed by atoms with Gasteiger partial charge in [-0.2, -0.15) is 9.97 Å². The van der Waals surface area contributed by atoms with Crippen molar-refractivity contribution in [2.24, 2.45) is 0 Å². The molecule has 0 bridgehead atoms. The van der Waals surface area contributed by atoms with Crippen LogP contribution in [0.25, 0.3) is 23.2 Å². The predicted octanol–water partition coefficient (Wildman–Crippen LogP) is 2.08. The van der Waals surface area contributed by atoms with E-state index in [9.17, 15) is 0 Å². The van der Waals surface area contributed by atoms with Gasteiger partial charge in [0.25, 0.3) is 0 Å². The molecule has 8 heteroatoms. The van der Waals surface area contributed by atoms with Crippen molar-refractivity contribution in [2.75, 3.05) is 6.79 Å². The molecular formula is C13H10N4O4. The van der Waals surface area contributed by atoms with Gasteiger partial charge in [0.05, 0.1) is 0 Å². The van der Waals surface area contributed by atoms with Gasteiger partial charge in [0, 0.05) is 12.0 Å². The first-order valence-electron chi connectivity index (χ1n) is 6.40. The second-order valence-electron chi connectivity index (χ2n) is 4.36. The van der Waals surface area contributed by atoms with Gasteiger partial charge in [-0.1, -0.05) is 17.2 Å². The zero-order valence-corrected chi connectivity index (χ0v) is 11.1. The van der Waals surface area contributed by atoms with Crippen molar-refractivity contribution < 1.29 is 18.5 Å². The van der Waals surface area contributed by atoms with E-state index in [4.69, 9.17) is 18.5 Å². The standard InChI is InChI=1S/C13H10N4O4/c1-2-10-14-12(20-16-10)13-15-11(17-21-13)7-3-4-8-9(5-7)19-6-18-8/h3-5H,2,6H2,1H3. The average Bonchev–Trinajstić information content (AvgIpc) is 3.24. The molecule has 4 rings (SSSR count). The van der Waals surface area contributed by atoms with Crippen LogP contribution in [0.3, 0.4) is 0 Å². The number of fused-ring (bicyclic) bond motifs is 1. The molecule has 1 aromatic carbocycles. The Morgan fingerprint density at radius 2 is 1.81 bits per heavy atom. The molecule has 106 valence electrons. The van der Waals surface area contributed by atoms with Crippen LogP contribution in [0.5, 0.6) is 11.5 Å². The molecule has 0 amide bonds. The lowest BCUT2D eigenvalue weighted by molar-refractivity contribution is 0.174. The van der Waals surface area contributed by atoms with E-state index in [1.165, 1.54) is 0 Å². The first-order valence-corrected chi connectivity index (χ1v) is 6.40. The molecule has 2 aromatic heterocycles. The van der Waals surface area contributed by atoms with E-state index in [1.807, 2.05) is 13.0 Å². The van der Waals surface area contributed by atoms with Crippen molar-refractivity contribution in [3.63, 3.8) is 0 Å². The third-order valence-corrected chi connectivity index (χ3v) is 3.02. The molecule has 0 spiro atoms. The fourth-order valence-corrected chi connectivity index (χ4v) is 1.95. The van der Waals surface area contributed by atoms with Gasteiger partial charge in [0.1, 0.15) is 0 Å². The smallest absolute Gasteiger partial charge is 0.316 e. The van der Waals surface area contributed by atoms with Gasteiger partial charge in [0.2, 0.25) is 12.6 Å². The van der Waals surface area contributed by atoms with Crippen LogP contribution in [0.15, 0.2) is 27.2 Å². The summed E-state index contributed by atoms with van der Waals surface area (Å²) < 4.78 is 20.8. The fraction of sp³-hybridized carbons (Fsp3) is 0.231. The molecule has 1 aliphatic rings. The van der Waals surface area contributed by atoms with Crippen LogP contribution >= 0.6 is 0 Å². The lowest BCUT2D eigenvalue weighted by Gasteiger charge is -1.97. The van der Waals surface area contributed by atoms with E-state index < -0.39 is 0 Å². The van der Waals surface area contributed by atoms with E-state index in [-0.39, 0.29) is 18.6 Å². The lowest BCUT2D eigenvalue weighted by Crippen LogP contribution is -1.92. The van der Waals surface area contributed by atoms with Crippen LogP contribution in [0.1, 0.15) is 12.7 Å². The average molecular weight is 286 g/mol. The Labute approximate surface area is 118 Å². The van der Waals surface area contributed by atoms with Crippen LogP contribution < -0.4 is 9.47 Å². The van der Waals surface area contributed by atoms with Crippen molar-refractivity contribution in [1.29, 1.82) is 0 Å². The number of aromatic nitrogens is 4. The predicted molar refractivity (Wildman–Crippen MR) is 68.5 cm³/mol. The highest BCUT2D eigenvalue weighted by molar-refractivity contribution is 5.62. The van der Waals surface area contributed by atoms with Crippen LogP contribution in [-0.4, -0.2) is 27.1 Å². The Kier molecular flexibility index (Phi) is 2.59. The van der Waals surface area contributed by atoms with Gasteiger partial charge in [-0.25, -0.2) is 0 Å². The van der Waals surface area contributed by atoms with Gasteiger partial charge in [0.15, 0.2) is 17.3 Å². The summed E-state index contributed by atoms with van der Waals surface area (Å²) in [6, 6.07) is 5.42. The van der Waals surface area contributed by atoms with Crippen LogP contribution in [0, 0.1) is 0 Å². The molecule has 0 unspecified atom stereocenters. The maximum Gasteiger partial charge on any atom is 0.316 e. The van der Waals surface area contributed by atoms with Crippen molar-refractivity contribution in [3.8, 4) is 34.7 Å². The number of ether oxygens (including phenoxy) is 2. The van der Waals surface area contributed by atoms with Gasteiger partial charge in [-0.05, 0) is 18.2 Å². The van der Waals surface area contributed by atoms with Crippen LogP contribution in [0.4, 0.5) is 0 Å².